The number of benzene rings is 1. The minimum atomic E-state index is 0.332. The predicted molar refractivity (Wildman–Crippen MR) is 76.0 cm³/mol. The van der Waals surface area contributed by atoms with Crippen molar-refractivity contribution in [2.24, 2.45) is 0 Å². The maximum atomic E-state index is 5.73. The van der Waals surface area contributed by atoms with Crippen LogP contribution in [0.5, 0.6) is 11.5 Å². The van der Waals surface area contributed by atoms with Crippen molar-refractivity contribution < 1.29 is 14.0 Å². The Morgan fingerprint density at radius 3 is 2.80 bits per heavy atom. The Hall–Kier alpha value is -2.01. The Balaban J connectivity index is 2.02. The molecule has 0 aliphatic rings. The third-order valence-electron chi connectivity index (χ3n) is 2.97. The molecule has 0 aliphatic carbocycles. The number of rotatable bonds is 7. The molecule has 20 heavy (non-hydrogen) atoms. The van der Waals surface area contributed by atoms with Crippen LogP contribution >= 0.6 is 0 Å². The van der Waals surface area contributed by atoms with E-state index >= 15 is 0 Å². The fraction of sp³-hybridized carbons (Fsp3) is 0.400. The molecular weight excluding hydrogens is 256 g/mol. The molecule has 0 aliphatic heterocycles. The zero-order valence-corrected chi connectivity index (χ0v) is 12.1. The molecule has 1 N–H and O–H groups in total. The van der Waals surface area contributed by atoms with Crippen molar-refractivity contribution in [3.05, 3.63) is 41.3 Å². The number of hydrogen-bond donors (Lipinski definition) is 1. The number of aryl methyl sites for hydroxylation is 1. The van der Waals surface area contributed by atoms with Gasteiger partial charge in [0.25, 0.3) is 0 Å². The number of nitrogens with zero attached hydrogens (tertiary/aromatic N) is 1. The normalized spacial score (nSPS) is 10.6. The lowest BCUT2D eigenvalue weighted by Crippen LogP contribution is -2.04. The highest BCUT2D eigenvalue weighted by Crippen LogP contribution is 2.29. The minimum Gasteiger partial charge on any atom is -0.493 e. The van der Waals surface area contributed by atoms with Gasteiger partial charge in [-0.2, -0.15) is 0 Å². The molecule has 5 nitrogen and oxygen atoms in total. The molecule has 2 aromatic rings. The first-order valence-electron chi connectivity index (χ1n) is 6.65. The lowest BCUT2D eigenvalue weighted by molar-refractivity contribution is 0.238. The van der Waals surface area contributed by atoms with Crippen LogP contribution in [0.25, 0.3) is 0 Å². The first kappa shape index (κ1) is 14.4. The van der Waals surface area contributed by atoms with Crippen LogP contribution < -0.4 is 14.8 Å². The van der Waals surface area contributed by atoms with Gasteiger partial charge in [-0.1, -0.05) is 18.1 Å². The van der Waals surface area contributed by atoms with E-state index in [0.29, 0.717) is 24.7 Å². The predicted octanol–water partition coefficient (Wildman–Crippen LogP) is 2.54. The van der Waals surface area contributed by atoms with E-state index in [-0.39, 0.29) is 0 Å². The number of nitrogens with one attached hydrogen (secondary N) is 1. The summed E-state index contributed by atoms with van der Waals surface area (Å²) in [5, 5.41) is 6.96. The zero-order valence-electron chi connectivity index (χ0n) is 12.1. The van der Waals surface area contributed by atoms with Crippen LogP contribution in [0.4, 0.5) is 0 Å². The van der Waals surface area contributed by atoms with Crippen molar-refractivity contribution in [1.82, 2.24) is 10.5 Å². The summed E-state index contributed by atoms with van der Waals surface area (Å²) in [5.41, 5.74) is 2.07. The second kappa shape index (κ2) is 6.96. The summed E-state index contributed by atoms with van der Waals surface area (Å²) in [6, 6.07) is 7.82. The summed E-state index contributed by atoms with van der Waals surface area (Å²) in [6.07, 6.45) is 0.964. The van der Waals surface area contributed by atoms with Gasteiger partial charge in [-0.25, -0.2) is 0 Å². The lowest BCUT2D eigenvalue weighted by Gasteiger charge is -2.10. The molecule has 1 aromatic carbocycles. The number of aromatic nitrogens is 1. The molecule has 1 heterocycles. The van der Waals surface area contributed by atoms with E-state index < -0.39 is 0 Å². The van der Waals surface area contributed by atoms with Gasteiger partial charge in [-0.15, -0.1) is 0 Å². The Labute approximate surface area is 118 Å². The summed E-state index contributed by atoms with van der Waals surface area (Å²) >= 11 is 0. The first-order valence-corrected chi connectivity index (χ1v) is 6.65. The van der Waals surface area contributed by atoms with E-state index in [0.717, 1.165) is 17.9 Å². The molecule has 0 atom stereocenters. The molecule has 0 fully saturated rings. The van der Waals surface area contributed by atoms with Crippen molar-refractivity contribution in [2.75, 3.05) is 14.2 Å². The number of ether oxygens (including phenoxy) is 2. The van der Waals surface area contributed by atoms with E-state index in [9.17, 15) is 0 Å². The molecular formula is C15H20N2O3. The number of hydrogen-bond acceptors (Lipinski definition) is 5. The molecule has 0 saturated carbocycles. The molecule has 0 radical (unpaired) electrons. The average molecular weight is 276 g/mol. The molecule has 0 bridgehead atoms. The Kier molecular flexibility index (Phi) is 5.01. The van der Waals surface area contributed by atoms with Crippen LogP contribution in [0.1, 0.15) is 23.9 Å². The molecule has 0 saturated heterocycles. The van der Waals surface area contributed by atoms with Gasteiger partial charge in [0, 0.05) is 12.6 Å². The summed E-state index contributed by atoms with van der Waals surface area (Å²) in [6.45, 7) is 3.11. The van der Waals surface area contributed by atoms with Gasteiger partial charge in [0.2, 0.25) is 0 Å². The number of methoxy groups -OCH3 is 1. The molecule has 0 spiro atoms. The standard InChI is InChI=1S/C15H20N2O3/c1-4-11-5-6-14(15(7-11)18-3)19-10-13-8-12(9-16-2)17-20-13/h5-8,16H,4,9-10H2,1-3H3. The SMILES string of the molecule is CCc1ccc(OCc2cc(CNC)no2)c(OC)c1. The minimum absolute atomic E-state index is 0.332. The quantitative estimate of drug-likeness (QED) is 0.842. The molecule has 108 valence electrons. The highest BCUT2D eigenvalue weighted by molar-refractivity contribution is 5.43. The second-order valence-electron chi connectivity index (χ2n) is 4.44. The largest absolute Gasteiger partial charge is 0.493 e. The van der Waals surface area contributed by atoms with Gasteiger partial charge >= 0.3 is 0 Å². The van der Waals surface area contributed by atoms with Gasteiger partial charge in [0.05, 0.1) is 12.8 Å². The Morgan fingerprint density at radius 1 is 1.25 bits per heavy atom. The zero-order chi connectivity index (χ0) is 14.4. The molecule has 5 heteroatoms. The highest BCUT2D eigenvalue weighted by Gasteiger charge is 2.08. The molecule has 0 unspecified atom stereocenters. The fourth-order valence-electron chi connectivity index (χ4n) is 1.89. The third kappa shape index (κ3) is 3.51. The lowest BCUT2D eigenvalue weighted by atomic mass is 10.1. The van der Waals surface area contributed by atoms with Gasteiger partial charge in [-0.05, 0) is 31.2 Å². The maximum absolute atomic E-state index is 5.73. The van der Waals surface area contributed by atoms with Gasteiger partial charge < -0.3 is 19.3 Å². The van der Waals surface area contributed by atoms with Gasteiger partial charge in [0.15, 0.2) is 17.3 Å². The van der Waals surface area contributed by atoms with Crippen molar-refractivity contribution >= 4 is 0 Å². The summed E-state index contributed by atoms with van der Waals surface area (Å²) in [7, 11) is 3.51. The van der Waals surface area contributed by atoms with Gasteiger partial charge in [0.1, 0.15) is 6.61 Å². The summed E-state index contributed by atoms with van der Waals surface area (Å²) in [4.78, 5) is 0. The molecule has 2 rings (SSSR count). The summed E-state index contributed by atoms with van der Waals surface area (Å²) < 4.78 is 16.3. The third-order valence-corrected chi connectivity index (χ3v) is 2.97. The van der Waals surface area contributed by atoms with Crippen molar-refractivity contribution in [1.29, 1.82) is 0 Å². The fourth-order valence-corrected chi connectivity index (χ4v) is 1.89. The molecule has 1 aromatic heterocycles. The highest BCUT2D eigenvalue weighted by atomic mass is 16.5. The van der Waals surface area contributed by atoms with Crippen LogP contribution in [0, 0.1) is 0 Å². The van der Waals surface area contributed by atoms with E-state index in [1.807, 2.05) is 31.3 Å². The Morgan fingerprint density at radius 2 is 2.10 bits per heavy atom. The van der Waals surface area contributed by atoms with Crippen LogP contribution in [-0.4, -0.2) is 19.3 Å². The van der Waals surface area contributed by atoms with Crippen LogP contribution in [-0.2, 0) is 19.6 Å². The average Bonchev–Trinajstić information content (AvgIpc) is 2.93. The second-order valence-corrected chi connectivity index (χ2v) is 4.44. The van der Waals surface area contributed by atoms with E-state index in [2.05, 4.69) is 17.4 Å². The first-order chi connectivity index (χ1) is 9.76. The van der Waals surface area contributed by atoms with E-state index in [4.69, 9.17) is 14.0 Å². The van der Waals surface area contributed by atoms with Crippen molar-refractivity contribution in [3.8, 4) is 11.5 Å². The van der Waals surface area contributed by atoms with Crippen LogP contribution in [0.2, 0.25) is 0 Å². The van der Waals surface area contributed by atoms with E-state index in [1.54, 1.807) is 7.11 Å². The summed E-state index contributed by atoms with van der Waals surface area (Å²) in [5.74, 6) is 2.13. The van der Waals surface area contributed by atoms with Crippen LogP contribution in [0.15, 0.2) is 28.8 Å². The smallest absolute Gasteiger partial charge is 0.174 e. The van der Waals surface area contributed by atoms with E-state index in [1.165, 1.54) is 5.56 Å². The monoisotopic (exact) mass is 276 g/mol. The van der Waals surface area contributed by atoms with Crippen molar-refractivity contribution in [3.63, 3.8) is 0 Å². The Bertz CT molecular complexity index is 552. The maximum Gasteiger partial charge on any atom is 0.174 e. The van der Waals surface area contributed by atoms with Gasteiger partial charge in [-0.3, -0.25) is 0 Å². The van der Waals surface area contributed by atoms with Crippen LogP contribution in [0.3, 0.4) is 0 Å². The topological polar surface area (TPSA) is 56.5 Å². The molecule has 0 amide bonds. The van der Waals surface area contributed by atoms with Crippen molar-refractivity contribution in [2.45, 2.75) is 26.5 Å².